The molecule has 1 atom stereocenters. The molecule has 7 nitrogen and oxygen atoms in total. The monoisotopic (exact) mass is 327 g/mol. The Kier molecular flexibility index (Phi) is 4.51. The highest BCUT2D eigenvalue weighted by Crippen LogP contribution is 2.23. The van der Waals surface area contributed by atoms with E-state index in [9.17, 15) is 0 Å². The van der Waals surface area contributed by atoms with Gasteiger partial charge in [-0.3, -0.25) is 0 Å². The number of aromatic nitrogens is 4. The zero-order valence-corrected chi connectivity index (χ0v) is 15.1. The summed E-state index contributed by atoms with van der Waals surface area (Å²) in [5.41, 5.74) is 2.02. The summed E-state index contributed by atoms with van der Waals surface area (Å²) in [6.45, 7) is 5.86. The number of hydrogen-bond donors (Lipinski definition) is 0. The molecule has 7 heteroatoms. The van der Waals surface area contributed by atoms with Crippen LogP contribution >= 0.6 is 0 Å². The molecule has 3 rings (SSSR count). The standard InChI is InChI=1S/C17H25N7/c1-12-10-13(2)20-17(19-12)24-9-7-14(11-24)23(5)16-18-8-6-15(21-16)22(3)4/h6,8,10,14H,7,9,11H2,1-5H3. The average Bonchev–Trinajstić information content (AvgIpc) is 3.03. The van der Waals surface area contributed by atoms with Crippen molar-refractivity contribution >= 4 is 17.7 Å². The van der Waals surface area contributed by atoms with Gasteiger partial charge in [-0.2, -0.15) is 4.98 Å². The van der Waals surface area contributed by atoms with Gasteiger partial charge in [0.2, 0.25) is 11.9 Å². The maximum atomic E-state index is 4.63. The lowest BCUT2D eigenvalue weighted by atomic mass is 10.2. The lowest BCUT2D eigenvalue weighted by Gasteiger charge is -2.25. The van der Waals surface area contributed by atoms with E-state index in [1.165, 1.54) is 0 Å². The molecule has 0 spiro atoms. The molecule has 0 saturated carbocycles. The molecular formula is C17H25N7. The van der Waals surface area contributed by atoms with E-state index in [0.717, 1.165) is 48.6 Å². The third kappa shape index (κ3) is 3.39. The fraction of sp³-hybridized carbons (Fsp3) is 0.529. The van der Waals surface area contributed by atoms with Crippen LogP contribution in [0.4, 0.5) is 17.7 Å². The summed E-state index contributed by atoms with van der Waals surface area (Å²) < 4.78 is 0. The van der Waals surface area contributed by atoms with E-state index in [1.807, 2.05) is 51.2 Å². The van der Waals surface area contributed by atoms with Crippen LogP contribution in [0.25, 0.3) is 0 Å². The molecule has 1 fully saturated rings. The van der Waals surface area contributed by atoms with Crippen molar-refractivity contribution in [1.29, 1.82) is 0 Å². The number of hydrogen-bond acceptors (Lipinski definition) is 7. The van der Waals surface area contributed by atoms with Crippen LogP contribution in [0.3, 0.4) is 0 Å². The van der Waals surface area contributed by atoms with Crippen molar-refractivity contribution in [3.63, 3.8) is 0 Å². The minimum atomic E-state index is 0.354. The summed E-state index contributed by atoms with van der Waals surface area (Å²) in [4.78, 5) is 24.6. The highest BCUT2D eigenvalue weighted by Gasteiger charge is 2.29. The fourth-order valence-corrected chi connectivity index (χ4v) is 3.01. The zero-order valence-electron chi connectivity index (χ0n) is 15.1. The highest BCUT2D eigenvalue weighted by atomic mass is 15.3. The first-order chi connectivity index (χ1) is 11.4. The number of likely N-dealkylation sites (N-methyl/N-ethyl adjacent to an activating group) is 1. The fourth-order valence-electron chi connectivity index (χ4n) is 3.01. The quantitative estimate of drug-likeness (QED) is 0.846. The summed E-state index contributed by atoms with van der Waals surface area (Å²) >= 11 is 0. The van der Waals surface area contributed by atoms with Gasteiger partial charge in [0.25, 0.3) is 0 Å². The molecule has 0 amide bonds. The molecule has 0 N–H and O–H groups in total. The number of rotatable bonds is 4. The second-order valence-electron chi connectivity index (χ2n) is 6.56. The van der Waals surface area contributed by atoms with Crippen molar-refractivity contribution in [3.05, 3.63) is 29.7 Å². The van der Waals surface area contributed by atoms with Crippen molar-refractivity contribution in [2.24, 2.45) is 0 Å². The van der Waals surface area contributed by atoms with Gasteiger partial charge in [-0.05, 0) is 32.4 Å². The maximum absolute atomic E-state index is 4.63. The average molecular weight is 327 g/mol. The SMILES string of the molecule is Cc1cc(C)nc(N2CCC(N(C)c3nccc(N(C)C)n3)C2)n1. The topological polar surface area (TPSA) is 61.3 Å². The summed E-state index contributed by atoms with van der Waals surface area (Å²) in [6.07, 6.45) is 2.86. The van der Waals surface area contributed by atoms with E-state index < -0.39 is 0 Å². The van der Waals surface area contributed by atoms with E-state index >= 15 is 0 Å². The molecule has 24 heavy (non-hydrogen) atoms. The van der Waals surface area contributed by atoms with Crippen molar-refractivity contribution < 1.29 is 0 Å². The summed E-state index contributed by atoms with van der Waals surface area (Å²) in [5.74, 6) is 2.50. The molecule has 3 heterocycles. The van der Waals surface area contributed by atoms with Gasteiger partial charge in [0.1, 0.15) is 5.82 Å². The molecule has 1 saturated heterocycles. The van der Waals surface area contributed by atoms with E-state index in [2.05, 4.69) is 36.8 Å². The van der Waals surface area contributed by atoms with Crippen LogP contribution in [0.1, 0.15) is 17.8 Å². The third-order valence-corrected chi connectivity index (χ3v) is 4.37. The van der Waals surface area contributed by atoms with Crippen LogP contribution in [-0.2, 0) is 0 Å². The molecule has 1 aliphatic heterocycles. The Morgan fingerprint density at radius 3 is 2.46 bits per heavy atom. The predicted octanol–water partition coefficient (Wildman–Crippen LogP) is 1.66. The Morgan fingerprint density at radius 2 is 1.79 bits per heavy atom. The number of nitrogens with zero attached hydrogens (tertiary/aromatic N) is 7. The van der Waals surface area contributed by atoms with Crippen LogP contribution in [0.2, 0.25) is 0 Å². The molecule has 2 aromatic rings. The van der Waals surface area contributed by atoms with Gasteiger partial charge >= 0.3 is 0 Å². The van der Waals surface area contributed by atoms with Gasteiger partial charge in [-0.15, -0.1) is 0 Å². The molecule has 0 aromatic carbocycles. The third-order valence-electron chi connectivity index (χ3n) is 4.37. The van der Waals surface area contributed by atoms with Crippen LogP contribution in [-0.4, -0.2) is 60.2 Å². The first-order valence-electron chi connectivity index (χ1n) is 8.24. The van der Waals surface area contributed by atoms with Crippen LogP contribution in [0.5, 0.6) is 0 Å². The molecule has 128 valence electrons. The lowest BCUT2D eigenvalue weighted by molar-refractivity contribution is 0.673. The van der Waals surface area contributed by atoms with E-state index in [0.29, 0.717) is 6.04 Å². The van der Waals surface area contributed by atoms with Crippen LogP contribution in [0, 0.1) is 13.8 Å². The first-order valence-corrected chi connectivity index (χ1v) is 8.24. The second-order valence-corrected chi connectivity index (χ2v) is 6.56. The largest absolute Gasteiger partial charge is 0.363 e. The minimum absolute atomic E-state index is 0.354. The first kappa shape index (κ1) is 16.4. The van der Waals surface area contributed by atoms with Crippen molar-refractivity contribution in [1.82, 2.24) is 19.9 Å². The lowest BCUT2D eigenvalue weighted by Crippen LogP contribution is -2.36. The van der Waals surface area contributed by atoms with E-state index in [-0.39, 0.29) is 0 Å². The molecule has 2 aromatic heterocycles. The second kappa shape index (κ2) is 6.59. The Hall–Kier alpha value is -2.44. The summed E-state index contributed by atoms with van der Waals surface area (Å²) in [5, 5.41) is 0. The summed E-state index contributed by atoms with van der Waals surface area (Å²) in [7, 11) is 6.03. The van der Waals surface area contributed by atoms with Crippen molar-refractivity contribution in [2.45, 2.75) is 26.3 Å². The van der Waals surface area contributed by atoms with Crippen molar-refractivity contribution in [2.75, 3.05) is 48.9 Å². The highest BCUT2D eigenvalue weighted by molar-refractivity contribution is 5.44. The molecule has 1 aliphatic rings. The number of anilines is 3. The van der Waals surface area contributed by atoms with Gasteiger partial charge in [0.05, 0.1) is 6.04 Å². The Bertz CT molecular complexity index is 696. The summed E-state index contributed by atoms with van der Waals surface area (Å²) in [6, 6.07) is 4.28. The predicted molar refractivity (Wildman–Crippen MR) is 96.9 cm³/mol. The molecule has 0 radical (unpaired) electrons. The van der Waals surface area contributed by atoms with Crippen molar-refractivity contribution in [3.8, 4) is 0 Å². The maximum Gasteiger partial charge on any atom is 0.227 e. The normalized spacial score (nSPS) is 17.2. The molecule has 1 unspecified atom stereocenters. The van der Waals surface area contributed by atoms with Gasteiger partial charge in [-0.25, -0.2) is 15.0 Å². The van der Waals surface area contributed by atoms with Crippen LogP contribution < -0.4 is 14.7 Å². The molecule has 0 aliphatic carbocycles. The molecule has 0 bridgehead atoms. The van der Waals surface area contributed by atoms with Gasteiger partial charge < -0.3 is 14.7 Å². The Morgan fingerprint density at radius 1 is 1.08 bits per heavy atom. The zero-order chi connectivity index (χ0) is 17.3. The number of aryl methyl sites for hydroxylation is 2. The minimum Gasteiger partial charge on any atom is -0.363 e. The van der Waals surface area contributed by atoms with Gasteiger partial charge in [0, 0.05) is 51.8 Å². The van der Waals surface area contributed by atoms with E-state index in [4.69, 9.17) is 0 Å². The van der Waals surface area contributed by atoms with Gasteiger partial charge in [0.15, 0.2) is 0 Å². The smallest absolute Gasteiger partial charge is 0.227 e. The van der Waals surface area contributed by atoms with Crippen LogP contribution in [0.15, 0.2) is 18.3 Å². The Balaban J connectivity index is 1.74. The van der Waals surface area contributed by atoms with Gasteiger partial charge in [-0.1, -0.05) is 0 Å². The Labute approximate surface area is 143 Å². The molecular weight excluding hydrogens is 302 g/mol. The van der Waals surface area contributed by atoms with E-state index in [1.54, 1.807) is 0 Å².